The number of amides is 2. The number of benzene rings is 1. The molecule has 2 amide bonds. The van der Waals surface area contributed by atoms with Crippen molar-refractivity contribution in [2.45, 2.75) is 26.4 Å². The van der Waals surface area contributed by atoms with Crippen molar-refractivity contribution in [1.29, 1.82) is 0 Å². The first-order valence-electron chi connectivity index (χ1n) is 8.43. The van der Waals surface area contributed by atoms with E-state index in [0.717, 1.165) is 18.8 Å². The van der Waals surface area contributed by atoms with E-state index in [4.69, 9.17) is 0 Å². The lowest BCUT2D eigenvalue weighted by molar-refractivity contribution is 0.206. The first-order valence-corrected chi connectivity index (χ1v) is 8.43. The van der Waals surface area contributed by atoms with Crippen molar-refractivity contribution < 1.29 is 4.79 Å². The highest BCUT2D eigenvalue weighted by Crippen LogP contribution is 2.19. The molecule has 1 unspecified atom stereocenters. The fourth-order valence-corrected chi connectivity index (χ4v) is 2.79. The van der Waals surface area contributed by atoms with Crippen LogP contribution < -0.4 is 10.6 Å². The van der Waals surface area contributed by atoms with Crippen LogP contribution in [0.3, 0.4) is 0 Å². The Morgan fingerprint density at radius 3 is 2.46 bits per heavy atom. The summed E-state index contributed by atoms with van der Waals surface area (Å²) >= 11 is 0. The minimum absolute atomic E-state index is 0.163. The largest absolute Gasteiger partial charge is 0.336 e. The van der Waals surface area contributed by atoms with E-state index in [1.54, 1.807) is 10.9 Å². The second kappa shape index (κ2) is 9.08. The van der Waals surface area contributed by atoms with Crippen molar-refractivity contribution >= 4 is 6.03 Å². The molecule has 0 bridgehead atoms. The average molecular weight is 329 g/mol. The normalized spacial score (nSPS) is 12.2. The van der Waals surface area contributed by atoms with Crippen molar-refractivity contribution in [1.82, 2.24) is 25.3 Å². The number of nitrogens with zero attached hydrogens (tertiary/aromatic N) is 3. The van der Waals surface area contributed by atoms with Gasteiger partial charge in [0, 0.05) is 19.8 Å². The van der Waals surface area contributed by atoms with Gasteiger partial charge < -0.3 is 10.6 Å². The molecule has 1 heterocycles. The van der Waals surface area contributed by atoms with Crippen LogP contribution in [0.4, 0.5) is 4.79 Å². The fourth-order valence-electron chi connectivity index (χ4n) is 2.79. The number of rotatable bonds is 8. The summed E-state index contributed by atoms with van der Waals surface area (Å²) < 4.78 is 1.75. The molecule has 1 aromatic carbocycles. The van der Waals surface area contributed by atoms with E-state index in [0.29, 0.717) is 13.1 Å². The highest BCUT2D eigenvalue weighted by atomic mass is 16.2. The topological polar surface area (TPSA) is 62.2 Å². The summed E-state index contributed by atoms with van der Waals surface area (Å²) in [4.78, 5) is 14.5. The zero-order chi connectivity index (χ0) is 17.4. The summed E-state index contributed by atoms with van der Waals surface area (Å²) in [6.45, 7) is 7.19. The summed E-state index contributed by atoms with van der Waals surface area (Å²) in [7, 11) is 1.86. The van der Waals surface area contributed by atoms with Crippen LogP contribution in [0.25, 0.3) is 0 Å². The van der Waals surface area contributed by atoms with Gasteiger partial charge >= 0.3 is 6.03 Å². The quantitative estimate of drug-likeness (QED) is 0.781. The van der Waals surface area contributed by atoms with Crippen LogP contribution in [0, 0.1) is 0 Å². The molecule has 6 nitrogen and oxygen atoms in total. The van der Waals surface area contributed by atoms with Gasteiger partial charge in [-0.3, -0.25) is 9.58 Å². The summed E-state index contributed by atoms with van der Waals surface area (Å²) in [6.07, 6.45) is 1.72. The predicted octanol–water partition coefficient (Wildman–Crippen LogP) is 2.30. The third-order valence-corrected chi connectivity index (χ3v) is 4.25. The van der Waals surface area contributed by atoms with Gasteiger partial charge in [0.1, 0.15) is 0 Å². The van der Waals surface area contributed by atoms with Gasteiger partial charge in [0.05, 0.1) is 18.3 Å². The molecule has 0 aliphatic carbocycles. The Morgan fingerprint density at radius 2 is 1.88 bits per heavy atom. The van der Waals surface area contributed by atoms with Crippen molar-refractivity contribution in [3.8, 4) is 0 Å². The maximum atomic E-state index is 12.1. The molecule has 1 aromatic heterocycles. The predicted molar refractivity (Wildman–Crippen MR) is 95.6 cm³/mol. The van der Waals surface area contributed by atoms with Gasteiger partial charge in [-0.25, -0.2) is 4.79 Å². The summed E-state index contributed by atoms with van der Waals surface area (Å²) in [5.74, 6) is 0. The number of carbonyl (C=O) groups is 1. The van der Waals surface area contributed by atoms with Crippen LogP contribution in [0.2, 0.25) is 0 Å². The minimum atomic E-state index is -0.163. The lowest BCUT2D eigenvalue weighted by Gasteiger charge is -2.30. The van der Waals surface area contributed by atoms with Gasteiger partial charge in [-0.2, -0.15) is 5.10 Å². The van der Waals surface area contributed by atoms with E-state index in [1.807, 2.05) is 31.3 Å². The standard InChI is InChI=1S/C18H27N5O/c1-4-23(5-2)17(15-9-7-6-8-10-15)14-20-18(24)19-13-16-11-12-21-22(16)3/h6-12,17H,4-5,13-14H2,1-3H3,(H2,19,20,24). The van der Waals surface area contributed by atoms with Crippen LogP contribution in [-0.2, 0) is 13.6 Å². The van der Waals surface area contributed by atoms with Crippen molar-refractivity contribution in [2.75, 3.05) is 19.6 Å². The molecule has 2 rings (SSSR count). The van der Waals surface area contributed by atoms with Crippen LogP contribution in [-0.4, -0.2) is 40.3 Å². The molecule has 0 saturated heterocycles. The zero-order valence-corrected chi connectivity index (χ0v) is 14.7. The fraction of sp³-hybridized carbons (Fsp3) is 0.444. The molecule has 0 saturated carbocycles. The molecular weight excluding hydrogens is 302 g/mol. The number of carbonyl (C=O) groups excluding carboxylic acids is 1. The monoisotopic (exact) mass is 329 g/mol. The van der Waals surface area contributed by atoms with Gasteiger partial charge in [-0.05, 0) is 24.7 Å². The van der Waals surface area contributed by atoms with Crippen LogP contribution >= 0.6 is 0 Å². The molecule has 0 aliphatic rings. The molecule has 2 aromatic rings. The van der Waals surface area contributed by atoms with Crippen molar-refractivity contribution in [3.63, 3.8) is 0 Å². The van der Waals surface area contributed by atoms with E-state index < -0.39 is 0 Å². The van der Waals surface area contributed by atoms with Gasteiger partial charge in [0.2, 0.25) is 0 Å². The van der Waals surface area contributed by atoms with E-state index in [-0.39, 0.29) is 12.1 Å². The second-order valence-corrected chi connectivity index (χ2v) is 5.66. The lowest BCUT2D eigenvalue weighted by atomic mass is 10.1. The number of urea groups is 1. The van der Waals surface area contributed by atoms with Gasteiger partial charge in [0.15, 0.2) is 0 Å². The van der Waals surface area contributed by atoms with Crippen molar-refractivity contribution in [2.24, 2.45) is 7.05 Å². The van der Waals surface area contributed by atoms with Crippen LogP contribution in [0.5, 0.6) is 0 Å². The van der Waals surface area contributed by atoms with E-state index in [9.17, 15) is 4.79 Å². The summed E-state index contributed by atoms with van der Waals surface area (Å²) in [5, 5.41) is 9.96. The Morgan fingerprint density at radius 1 is 1.17 bits per heavy atom. The molecule has 0 aliphatic heterocycles. The number of nitrogens with one attached hydrogen (secondary N) is 2. The Kier molecular flexibility index (Phi) is 6.81. The first kappa shape index (κ1) is 18.0. The van der Waals surface area contributed by atoms with E-state index in [2.05, 4.69) is 46.6 Å². The Balaban J connectivity index is 1.92. The van der Waals surface area contributed by atoms with Gasteiger partial charge in [0.25, 0.3) is 0 Å². The summed E-state index contributed by atoms with van der Waals surface area (Å²) in [6, 6.07) is 12.2. The van der Waals surface area contributed by atoms with Gasteiger partial charge in [-0.15, -0.1) is 0 Å². The van der Waals surface area contributed by atoms with Crippen LogP contribution in [0.15, 0.2) is 42.6 Å². The number of aryl methyl sites for hydroxylation is 1. The third-order valence-electron chi connectivity index (χ3n) is 4.25. The lowest BCUT2D eigenvalue weighted by Crippen LogP contribution is -2.42. The zero-order valence-electron chi connectivity index (χ0n) is 14.7. The molecule has 24 heavy (non-hydrogen) atoms. The molecule has 1 atom stereocenters. The summed E-state index contributed by atoms with van der Waals surface area (Å²) in [5.41, 5.74) is 2.18. The molecule has 0 fully saturated rings. The molecule has 0 spiro atoms. The maximum absolute atomic E-state index is 12.1. The number of aromatic nitrogens is 2. The minimum Gasteiger partial charge on any atom is -0.336 e. The SMILES string of the molecule is CCN(CC)C(CNC(=O)NCc1ccnn1C)c1ccccc1. The second-order valence-electron chi connectivity index (χ2n) is 5.66. The Bertz CT molecular complexity index is 621. The number of hydrogen-bond acceptors (Lipinski definition) is 3. The van der Waals surface area contributed by atoms with E-state index in [1.165, 1.54) is 5.56 Å². The molecule has 2 N–H and O–H groups in total. The molecule has 130 valence electrons. The van der Waals surface area contributed by atoms with Crippen LogP contribution in [0.1, 0.15) is 31.1 Å². The van der Waals surface area contributed by atoms with Gasteiger partial charge in [-0.1, -0.05) is 44.2 Å². The highest BCUT2D eigenvalue weighted by Gasteiger charge is 2.18. The molecule has 0 radical (unpaired) electrons. The highest BCUT2D eigenvalue weighted by molar-refractivity contribution is 5.73. The smallest absolute Gasteiger partial charge is 0.315 e. The molecular formula is C18H27N5O. The first-order chi connectivity index (χ1) is 11.7. The molecule has 6 heteroatoms. The maximum Gasteiger partial charge on any atom is 0.315 e. The third kappa shape index (κ3) is 4.83. The van der Waals surface area contributed by atoms with Crippen molar-refractivity contribution in [3.05, 3.63) is 53.9 Å². The number of hydrogen-bond donors (Lipinski definition) is 2. The number of likely N-dealkylation sites (N-methyl/N-ethyl adjacent to an activating group) is 1. The Labute approximate surface area is 143 Å². The van der Waals surface area contributed by atoms with E-state index >= 15 is 0 Å². The Hall–Kier alpha value is -2.34. The average Bonchev–Trinajstić information content (AvgIpc) is 3.02.